The Labute approximate surface area is 177 Å². The Bertz CT molecular complexity index is 1170. The number of nitrogens with one attached hydrogen (secondary N) is 1. The maximum Gasteiger partial charge on any atom is 0.264 e. The van der Waals surface area contributed by atoms with Crippen LogP contribution in [0.4, 0.5) is 11.4 Å². The number of nitrogens with zero attached hydrogens (tertiary/aromatic N) is 1. The van der Waals surface area contributed by atoms with Gasteiger partial charge in [0.25, 0.3) is 15.9 Å². The molecule has 3 aromatic carbocycles. The summed E-state index contributed by atoms with van der Waals surface area (Å²) in [6.45, 7) is 3.70. The lowest BCUT2D eigenvalue weighted by Crippen LogP contribution is -2.27. The molecule has 156 valence electrons. The van der Waals surface area contributed by atoms with Crippen molar-refractivity contribution in [3.05, 3.63) is 83.4 Å². The molecule has 30 heavy (non-hydrogen) atoms. The van der Waals surface area contributed by atoms with Crippen LogP contribution >= 0.6 is 0 Å². The average molecular weight is 425 g/mol. The molecule has 0 saturated heterocycles. The maximum absolute atomic E-state index is 13.0. The minimum absolute atomic E-state index is 0.159. The summed E-state index contributed by atoms with van der Waals surface area (Å²) in [6.07, 6.45) is 0. The number of anilines is 2. The zero-order chi connectivity index (χ0) is 21.9. The third-order valence-corrected chi connectivity index (χ3v) is 6.69. The molecule has 1 N–H and O–H groups in total. The van der Waals surface area contributed by atoms with Crippen molar-refractivity contribution in [2.24, 2.45) is 0 Å². The van der Waals surface area contributed by atoms with E-state index in [-0.39, 0.29) is 10.8 Å². The number of hydrogen-bond acceptors (Lipinski definition) is 4. The Morgan fingerprint density at radius 2 is 1.60 bits per heavy atom. The number of aryl methyl sites for hydroxylation is 2. The van der Waals surface area contributed by atoms with Crippen LogP contribution in [0.1, 0.15) is 21.5 Å². The van der Waals surface area contributed by atoms with Crippen molar-refractivity contribution >= 4 is 27.3 Å². The maximum atomic E-state index is 13.0. The van der Waals surface area contributed by atoms with Crippen molar-refractivity contribution in [1.82, 2.24) is 0 Å². The van der Waals surface area contributed by atoms with Crippen molar-refractivity contribution in [2.45, 2.75) is 18.7 Å². The van der Waals surface area contributed by atoms with E-state index in [1.165, 1.54) is 30.6 Å². The minimum atomic E-state index is -3.75. The second kappa shape index (κ2) is 8.59. The lowest BCUT2D eigenvalue weighted by molar-refractivity contribution is 0.102. The molecule has 0 spiro atoms. The van der Waals surface area contributed by atoms with Crippen LogP contribution in [0.2, 0.25) is 0 Å². The number of hydrogen-bond donors (Lipinski definition) is 1. The number of rotatable bonds is 6. The summed E-state index contributed by atoms with van der Waals surface area (Å²) in [7, 11) is -0.731. The molecule has 0 radical (unpaired) electrons. The molecule has 3 rings (SSSR count). The normalized spacial score (nSPS) is 11.1. The number of ether oxygens (including phenoxy) is 1. The Balaban J connectivity index is 1.85. The molecule has 0 atom stereocenters. The number of amides is 1. The van der Waals surface area contributed by atoms with Crippen molar-refractivity contribution in [3.63, 3.8) is 0 Å². The van der Waals surface area contributed by atoms with Gasteiger partial charge in [-0.25, -0.2) is 8.42 Å². The van der Waals surface area contributed by atoms with Gasteiger partial charge in [0.15, 0.2) is 0 Å². The Hall–Kier alpha value is -3.32. The van der Waals surface area contributed by atoms with Gasteiger partial charge in [-0.1, -0.05) is 18.2 Å². The monoisotopic (exact) mass is 424 g/mol. The lowest BCUT2D eigenvalue weighted by Gasteiger charge is -2.22. The molecule has 0 bridgehead atoms. The van der Waals surface area contributed by atoms with E-state index < -0.39 is 10.0 Å². The molecular weight excluding hydrogens is 400 g/mol. The molecule has 3 aromatic rings. The van der Waals surface area contributed by atoms with Gasteiger partial charge in [-0.2, -0.15) is 0 Å². The SMILES string of the molecule is COc1ccc(S(=O)(=O)N(C)c2ccc(C(=O)Nc3ccccc3C)cc2C)cc1. The number of para-hydroxylation sites is 1. The highest BCUT2D eigenvalue weighted by Crippen LogP contribution is 2.27. The van der Waals surface area contributed by atoms with Gasteiger partial charge in [0.1, 0.15) is 5.75 Å². The first-order valence-electron chi connectivity index (χ1n) is 9.34. The highest BCUT2D eigenvalue weighted by molar-refractivity contribution is 7.92. The first-order chi connectivity index (χ1) is 14.2. The van der Waals surface area contributed by atoms with Gasteiger partial charge in [-0.05, 0) is 73.5 Å². The Kier molecular flexibility index (Phi) is 6.12. The quantitative estimate of drug-likeness (QED) is 0.637. The largest absolute Gasteiger partial charge is 0.497 e. The summed E-state index contributed by atoms with van der Waals surface area (Å²) in [4.78, 5) is 12.8. The summed E-state index contributed by atoms with van der Waals surface area (Å²) >= 11 is 0. The molecule has 0 aliphatic carbocycles. The standard InChI is InChI=1S/C23H24N2O4S/c1-16-7-5-6-8-21(16)24-23(26)18-9-14-22(17(2)15-18)25(3)30(27,28)20-12-10-19(29-4)11-13-20/h5-15H,1-4H3,(H,24,26). The van der Waals surface area contributed by atoms with Crippen LogP contribution in [-0.2, 0) is 10.0 Å². The van der Waals surface area contributed by atoms with Crippen LogP contribution in [0.5, 0.6) is 5.75 Å². The van der Waals surface area contributed by atoms with Gasteiger partial charge in [0.05, 0.1) is 17.7 Å². The lowest BCUT2D eigenvalue weighted by atomic mass is 10.1. The van der Waals surface area contributed by atoms with E-state index in [0.29, 0.717) is 22.6 Å². The number of carbonyl (C=O) groups excluding carboxylic acids is 1. The minimum Gasteiger partial charge on any atom is -0.497 e. The van der Waals surface area contributed by atoms with E-state index in [1.54, 1.807) is 37.3 Å². The molecule has 0 unspecified atom stereocenters. The molecular formula is C23H24N2O4S. The molecule has 0 aromatic heterocycles. The molecule has 0 aliphatic heterocycles. The van der Waals surface area contributed by atoms with Gasteiger partial charge in [0.2, 0.25) is 0 Å². The molecule has 0 fully saturated rings. The highest BCUT2D eigenvalue weighted by atomic mass is 32.2. The molecule has 0 heterocycles. The summed E-state index contributed by atoms with van der Waals surface area (Å²) in [6, 6.07) is 18.7. The van der Waals surface area contributed by atoms with E-state index in [4.69, 9.17) is 4.74 Å². The van der Waals surface area contributed by atoms with Crippen molar-refractivity contribution in [1.29, 1.82) is 0 Å². The smallest absolute Gasteiger partial charge is 0.264 e. The van der Waals surface area contributed by atoms with Gasteiger partial charge in [-0.3, -0.25) is 9.10 Å². The van der Waals surface area contributed by atoms with Crippen LogP contribution in [-0.4, -0.2) is 28.5 Å². The van der Waals surface area contributed by atoms with Crippen LogP contribution in [0, 0.1) is 13.8 Å². The first kappa shape index (κ1) is 21.4. The van der Waals surface area contributed by atoms with E-state index in [2.05, 4.69) is 5.32 Å². The third-order valence-electron chi connectivity index (χ3n) is 4.91. The predicted molar refractivity (Wildman–Crippen MR) is 119 cm³/mol. The van der Waals surface area contributed by atoms with Crippen LogP contribution < -0.4 is 14.4 Å². The Morgan fingerprint density at radius 1 is 0.933 bits per heavy atom. The molecule has 1 amide bonds. The molecule has 6 nitrogen and oxygen atoms in total. The van der Waals surface area contributed by atoms with Crippen molar-refractivity contribution < 1.29 is 17.9 Å². The third kappa shape index (κ3) is 4.31. The average Bonchev–Trinajstić information content (AvgIpc) is 2.74. The van der Waals surface area contributed by atoms with E-state index in [9.17, 15) is 13.2 Å². The number of carbonyl (C=O) groups is 1. The van der Waals surface area contributed by atoms with Crippen LogP contribution in [0.25, 0.3) is 0 Å². The summed E-state index contributed by atoms with van der Waals surface area (Å²) in [5.74, 6) is 0.330. The molecule has 0 aliphatic rings. The zero-order valence-electron chi connectivity index (χ0n) is 17.3. The van der Waals surface area contributed by atoms with Gasteiger partial charge in [0, 0.05) is 18.3 Å². The van der Waals surface area contributed by atoms with Gasteiger partial charge in [-0.15, -0.1) is 0 Å². The van der Waals surface area contributed by atoms with Crippen molar-refractivity contribution in [2.75, 3.05) is 23.8 Å². The van der Waals surface area contributed by atoms with Crippen LogP contribution in [0.15, 0.2) is 71.6 Å². The number of sulfonamides is 1. The fourth-order valence-electron chi connectivity index (χ4n) is 3.09. The summed E-state index contributed by atoms with van der Waals surface area (Å²) < 4.78 is 32.3. The molecule has 7 heteroatoms. The summed E-state index contributed by atoms with van der Waals surface area (Å²) in [5.41, 5.74) is 3.33. The van der Waals surface area contributed by atoms with E-state index in [1.807, 2.05) is 31.2 Å². The number of methoxy groups -OCH3 is 1. The van der Waals surface area contributed by atoms with Crippen LogP contribution in [0.3, 0.4) is 0 Å². The van der Waals surface area contributed by atoms with E-state index in [0.717, 1.165) is 11.3 Å². The first-order valence-corrected chi connectivity index (χ1v) is 10.8. The zero-order valence-corrected chi connectivity index (χ0v) is 18.2. The van der Waals surface area contributed by atoms with E-state index >= 15 is 0 Å². The summed E-state index contributed by atoms with van der Waals surface area (Å²) in [5, 5.41) is 2.89. The topological polar surface area (TPSA) is 75.7 Å². The molecule has 0 saturated carbocycles. The van der Waals surface area contributed by atoms with Gasteiger partial charge >= 0.3 is 0 Å². The fraction of sp³-hybridized carbons (Fsp3) is 0.174. The van der Waals surface area contributed by atoms with Crippen molar-refractivity contribution in [3.8, 4) is 5.75 Å². The Morgan fingerprint density at radius 3 is 2.20 bits per heavy atom. The highest BCUT2D eigenvalue weighted by Gasteiger charge is 2.23. The second-order valence-corrected chi connectivity index (χ2v) is 8.89. The second-order valence-electron chi connectivity index (χ2n) is 6.92. The predicted octanol–water partition coefficient (Wildman–Crippen LogP) is 4.39. The van der Waals surface area contributed by atoms with Gasteiger partial charge < -0.3 is 10.1 Å². The fourth-order valence-corrected chi connectivity index (χ4v) is 4.35. The number of benzene rings is 3.